The number of furan rings is 2. The molecule has 6 heteroatoms. The highest BCUT2D eigenvalue weighted by molar-refractivity contribution is 6.13. The summed E-state index contributed by atoms with van der Waals surface area (Å²) in [4.78, 5) is 14.8. The van der Waals surface area contributed by atoms with Gasteiger partial charge in [-0.3, -0.25) is 0 Å². The van der Waals surface area contributed by atoms with Gasteiger partial charge in [0.05, 0.1) is 16.7 Å². The maximum Gasteiger partial charge on any atom is 0.164 e. The topological polar surface area (TPSA) is 69.9 Å². The molecule has 0 N–H and O–H groups in total. The van der Waals surface area contributed by atoms with Crippen molar-refractivity contribution in [3.8, 4) is 51.0 Å². The zero-order valence-corrected chi connectivity index (χ0v) is 30.4. The van der Waals surface area contributed by atoms with E-state index in [4.69, 9.17) is 23.8 Å². The van der Waals surface area contributed by atoms with Crippen molar-refractivity contribution in [3.05, 3.63) is 182 Å². The molecule has 0 unspecified atom stereocenters. The lowest BCUT2D eigenvalue weighted by Gasteiger charge is -2.08. The van der Waals surface area contributed by atoms with Gasteiger partial charge in [-0.05, 0) is 71.8 Å². The molecule has 0 fully saturated rings. The minimum Gasteiger partial charge on any atom is -0.456 e. The highest BCUT2D eigenvalue weighted by Gasteiger charge is 2.19. The molecule has 0 atom stereocenters. The first-order valence-corrected chi connectivity index (χ1v) is 19.0. The summed E-state index contributed by atoms with van der Waals surface area (Å²) in [6, 6.07) is 62.7. The van der Waals surface area contributed by atoms with E-state index in [-0.39, 0.29) is 0 Å². The van der Waals surface area contributed by atoms with Gasteiger partial charge in [0.15, 0.2) is 23.1 Å². The van der Waals surface area contributed by atoms with Crippen LogP contribution >= 0.6 is 0 Å². The summed E-state index contributed by atoms with van der Waals surface area (Å²) in [5, 5.41) is 6.62. The van der Waals surface area contributed by atoms with Crippen molar-refractivity contribution < 1.29 is 8.83 Å². The summed E-state index contributed by atoms with van der Waals surface area (Å²) in [7, 11) is 0. The summed E-state index contributed by atoms with van der Waals surface area (Å²) < 4.78 is 15.4. The Labute approximate surface area is 325 Å². The summed E-state index contributed by atoms with van der Waals surface area (Å²) in [5.74, 6) is 1.86. The Bertz CT molecular complexity index is 3410. The molecule has 0 aliphatic rings. The number of hydrogen-bond donors (Lipinski definition) is 0. The van der Waals surface area contributed by atoms with Gasteiger partial charge < -0.3 is 13.4 Å². The van der Waals surface area contributed by atoms with Gasteiger partial charge in [0.2, 0.25) is 0 Å². The van der Waals surface area contributed by atoms with Crippen LogP contribution in [0.4, 0.5) is 0 Å². The Kier molecular flexibility index (Phi) is 6.83. The molecule has 0 aliphatic carbocycles. The quantitative estimate of drug-likeness (QED) is 0.176. The minimum atomic E-state index is 0.604. The van der Waals surface area contributed by atoms with E-state index in [2.05, 4.69) is 114 Å². The second kappa shape index (κ2) is 12.3. The third kappa shape index (κ3) is 5.01. The molecule has 4 heterocycles. The van der Waals surface area contributed by atoms with Crippen LogP contribution in [0.3, 0.4) is 0 Å². The largest absolute Gasteiger partial charge is 0.456 e. The normalized spacial score (nSPS) is 11.9. The maximum absolute atomic E-state index is 6.69. The first-order chi connectivity index (χ1) is 28.2. The lowest BCUT2D eigenvalue weighted by molar-refractivity contribution is 0.666. The van der Waals surface area contributed by atoms with Crippen molar-refractivity contribution in [3.63, 3.8) is 0 Å². The molecule has 0 amide bonds. The highest BCUT2D eigenvalue weighted by Crippen LogP contribution is 2.40. The second-order valence-corrected chi connectivity index (χ2v) is 14.4. The van der Waals surface area contributed by atoms with Gasteiger partial charge in [-0.2, -0.15) is 0 Å². The van der Waals surface area contributed by atoms with E-state index in [9.17, 15) is 0 Å². The number of rotatable bonds is 5. The van der Waals surface area contributed by atoms with Gasteiger partial charge in [-0.1, -0.05) is 121 Å². The van der Waals surface area contributed by atoms with Crippen molar-refractivity contribution in [2.24, 2.45) is 0 Å². The molecule has 4 aromatic heterocycles. The van der Waals surface area contributed by atoms with Crippen LogP contribution in [-0.4, -0.2) is 19.5 Å². The van der Waals surface area contributed by atoms with Crippen LogP contribution in [0.15, 0.2) is 191 Å². The Morgan fingerprint density at radius 1 is 0.316 bits per heavy atom. The van der Waals surface area contributed by atoms with Crippen molar-refractivity contribution in [1.29, 1.82) is 0 Å². The van der Waals surface area contributed by atoms with E-state index >= 15 is 0 Å². The molecule has 6 nitrogen and oxygen atoms in total. The predicted octanol–water partition coefficient (Wildman–Crippen LogP) is 13.4. The molecule has 0 spiro atoms. The second-order valence-electron chi connectivity index (χ2n) is 14.4. The van der Waals surface area contributed by atoms with Crippen LogP contribution in [0.1, 0.15) is 0 Å². The van der Waals surface area contributed by atoms with E-state index in [0.29, 0.717) is 17.5 Å². The van der Waals surface area contributed by atoms with Crippen LogP contribution in [0.2, 0.25) is 0 Å². The summed E-state index contributed by atoms with van der Waals surface area (Å²) >= 11 is 0. The fourth-order valence-corrected chi connectivity index (χ4v) is 8.36. The van der Waals surface area contributed by atoms with E-state index in [1.807, 2.05) is 72.8 Å². The van der Waals surface area contributed by atoms with E-state index in [0.717, 1.165) is 88.4 Å². The third-order valence-electron chi connectivity index (χ3n) is 11.1. The van der Waals surface area contributed by atoms with Crippen LogP contribution < -0.4 is 0 Å². The van der Waals surface area contributed by atoms with Gasteiger partial charge in [0.1, 0.15) is 16.7 Å². The Morgan fingerprint density at radius 2 is 0.754 bits per heavy atom. The third-order valence-corrected chi connectivity index (χ3v) is 11.1. The monoisotopic (exact) mass is 730 g/mol. The van der Waals surface area contributed by atoms with Crippen molar-refractivity contribution in [2.45, 2.75) is 0 Å². The SMILES string of the molecule is c1ccc(-c2nc(-c3ccccc3)nc(-c3ccc4oc5ccc(-c6ccc7oc8c(-n9c%10ccccc%10c%10ccccc%109)cccc8c7c6)cc5c4c3)n2)cc1. The molecule has 0 saturated carbocycles. The number of benzene rings is 8. The van der Waals surface area contributed by atoms with Crippen LogP contribution in [0.5, 0.6) is 0 Å². The van der Waals surface area contributed by atoms with Gasteiger partial charge in [0.25, 0.3) is 0 Å². The number of fused-ring (bicyclic) bond motifs is 9. The van der Waals surface area contributed by atoms with Crippen molar-refractivity contribution >= 4 is 65.7 Å². The van der Waals surface area contributed by atoms with Crippen LogP contribution in [0.25, 0.3) is 117 Å². The van der Waals surface area contributed by atoms with Gasteiger partial charge in [-0.15, -0.1) is 0 Å². The highest BCUT2D eigenvalue weighted by atomic mass is 16.3. The van der Waals surface area contributed by atoms with Crippen LogP contribution in [-0.2, 0) is 0 Å². The minimum absolute atomic E-state index is 0.604. The first kappa shape index (κ1) is 31.5. The predicted molar refractivity (Wildman–Crippen MR) is 230 cm³/mol. The Balaban J connectivity index is 0.981. The lowest BCUT2D eigenvalue weighted by atomic mass is 10.00. The maximum atomic E-state index is 6.69. The van der Waals surface area contributed by atoms with Crippen LogP contribution in [0, 0.1) is 0 Å². The molecule has 8 aromatic carbocycles. The molecule has 12 aromatic rings. The number of aromatic nitrogens is 4. The number of nitrogens with zero attached hydrogens (tertiary/aromatic N) is 4. The average molecular weight is 731 g/mol. The molecule has 0 saturated heterocycles. The zero-order valence-electron chi connectivity index (χ0n) is 30.4. The van der Waals surface area contributed by atoms with E-state index in [1.54, 1.807) is 0 Å². The number of hydrogen-bond acceptors (Lipinski definition) is 5. The molecule has 266 valence electrons. The molecule has 0 bridgehead atoms. The van der Waals surface area contributed by atoms with E-state index in [1.165, 1.54) is 10.8 Å². The first-order valence-electron chi connectivity index (χ1n) is 19.0. The molecule has 12 rings (SSSR count). The summed E-state index contributed by atoms with van der Waals surface area (Å²) in [6.07, 6.45) is 0. The van der Waals surface area contributed by atoms with Gasteiger partial charge in [-0.25, -0.2) is 15.0 Å². The summed E-state index contributed by atoms with van der Waals surface area (Å²) in [5.41, 5.74) is 11.6. The average Bonchev–Trinajstić information content (AvgIpc) is 3.96. The number of para-hydroxylation sites is 3. The van der Waals surface area contributed by atoms with Crippen molar-refractivity contribution in [2.75, 3.05) is 0 Å². The fraction of sp³-hybridized carbons (Fsp3) is 0. The zero-order chi connectivity index (χ0) is 37.5. The molecular formula is C51H30N4O2. The molecule has 0 aliphatic heterocycles. The fourth-order valence-electron chi connectivity index (χ4n) is 8.36. The van der Waals surface area contributed by atoms with Gasteiger partial charge in [0, 0.05) is 49.0 Å². The molecular weight excluding hydrogens is 701 g/mol. The summed E-state index contributed by atoms with van der Waals surface area (Å²) in [6.45, 7) is 0. The Morgan fingerprint density at radius 3 is 1.33 bits per heavy atom. The standard InChI is InChI=1S/C51H30N4O2/c1-3-12-31(13-4-1)49-52-50(32-14-5-2-6-15-32)54-51(53-49)35-24-27-46-41(30-35)40-29-34(22-25-45(40)56-46)33-23-26-47-39(28-33)38-18-11-21-44(48(38)57-47)55-42-19-9-7-16-36(42)37-17-8-10-20-43(37)55/h1-30H. The smallest absolute Gasteiger partial charge is 0.164 e. The molecule has 0 radical (unpaired) electrons. The molecule has 57 heavy (non-hydrogen) atoms. The van der Waals surface area contributed by atoms with Gasteiger partial charge >= 0.3 is 0 Å². The lowest BCUT2D eigenvalue weighted by Crippen LogP contribution is -2.00. The Hall–Kier alpha value is -7.83. The van der Waals surface area contributed by atoms with Crippen molar-refractivity contribution in [1.82, 2.24) is 19.5 Å². The van der Waals surface area contributed by atoms with E-state index < -0.39 is 0 Å².